The van der Waals surface area contributed by atoms with Crippen molar-refractivity contribution in [2.45, 2.75) is 27.2 Å². The molecule has 1 saturated heterocycles. The summed E-state index contributed by atoms with van der Waals surface area (Å²) in [5.74, 6) is -0.0390. The van der Waals surface area contributed by atoms with Crippen molar-refractivity contribution in [1.82, 2.24) is 4.90 Å². The first-order chi connectivity index (χ1) is 11.3. The maximum absolute atomic E-state index is 12.2. The fourth-order valence-electron chi connectivity index (χ4n) is 3.10. The Morgan fingerprint density at radius 1 is 1.21 bits per heavy atom. The van der Waals surface area contributed by atoms with Crippen molar-refractivity contribution in [3.63, 3.8) is 0 Å². The number of hydrogen-bond acceptors (Lipinski definition) is 4. The Balaban J connectivity index is 1.90. The summed E-state index contributed by atoms with van der Waals surface area (Å²) in [6.07, 6.45) is 1.11. The average Bonchev–Trinajstić information content (AvgIpc) is 2.51. The Bertz CT molecular complexity index is 619. The van der Waals surface area contributed by atoms with Crippen molar-refractivity contribution in [2.24, 2.45) is 11.8 Å². The average molecular weight is 332 g/mol. The topological polar surface area (TPSA) is 75.7 Å². The number of carbonyl (C=O) groups is 3. The Morgan fingerprint density at radius 2 is 1.88 bits per heavy atom. The first-order valence-electron chi connectivity index (χ1n) is 8.17. The lowest BCUT2D eigenvalue weighted by atomic mass is 9.92. The lowest BCUT2D eigenvalue weighted by Gasteiger charge is -2.34. The van der Waals surface area contributed by atoms with Gasteiger partial charge in [-0.1, -0.05) is 19.9 Å². The highest BCUT2D eigenvalue weighted by Gasteiger charge is 2.26. The van der Waals surface area contributed by atoms with Crippen LogP contribution in [0.2, 0.25) is 0 Å². The minimum absolute atomic E-state index is 0.167. The largest absolute Gasteiger partial charge is 0.452 e. The molecule has 0 unspecified atom stereocenters. The van der Waals surface area contributed by atoms with Crippen molar-refractivity contribution < 1.29 is 19.1 Å². The van der Waals surface area contributed by atoms with Gasteiger partial charge in [-0.15, -0.1) is 0 Å². The van der Waals surface area contributed by atoms with Gasteiger partial charge in [0.15, 0.2) is 6.61 Å². The molecular weight excluding hydrogens is 308 g/mol. The summed E-state index contributed by atoms with van der Waals surface area (Å²) >= 11 is 0. The zero-order chi connectivity index (χ0) is 17.7. The molecule has 130 valence electrons. The van der Waals surface area contributed by atoms with E-state index in [-0.39, 0.29) is 18.4 Å². The second-order valence-electron chi connectivity index (χ2n) is 6.58. The van der Waals surface area contributed by atoms with Crippen LogP contribution in [0.4, 0.5) is 5.69 Å². The van der Waals surface area contributed by atoms with Gasteiger partial charge in [0.1, 0.15) is 0 Å². The van der Waals surface area contributed by atoms with Crippen molar-refractivity contribution in [2.75, 3.05) is 25.0 Å². The normalized spacial score (nSPS) is 20.4. The molecule has 1 aromatic rings. The monoisotopic (exact) mass is 332 g/mol. The highest BCUT2D eigenvalue weighted by atomic mass is 16.5. The summed E-state index contributed by atoms with van der Waals surface area (Å²) in [7, 11) is 0. The summed E-state index contributed by atoms with van der Waals surface area (Å²) in [6, 6.07) is 6.44. The smallest absolute Gasteiger partial charge is 0.338 e. The molecule has 6 heteroatoms. The molecule has 1 N–H and O–H groups in total. The zero-order valence-corrected chi connectivity index (χ0v) is 14.4. The van der Waals surface area contributed by atoms with Crippen molar-refractivity contribution in [3.05, 3.63) is 29.8 Å². The second kappa shape index (κ2) is 7.95. The lowest BCUT2D eigenvalue weighted by Crippen LogP contribution is -2.44. The molecule has 2 atom stereocenters. The third-order valence-electron chi connectivity index (χ3n) is 3.97. The van der Waals surface area contributed by atoms with Gasteiger partial charge in [0, 0.05) is 25.7 Å². The van der Waals surface area contributed by atoms with Gasteiger partial charge < -0.3 is 15.0 Å². The van der Waals surface area contributed by atoms with Crippen LogP contribution < -0.4 is 5.32 Å². The molecule has 1 aliphatic heterocycles. The van der Waals surface area contributed by atoms with E-state index in [4.69, 9.17) is 4.74 Å². The van der Waals surface area contributed by atoms with Gasteiger partial charge in [-0.2, -0.15) is 0 Å². The fourth-order valence-corrected chi connectivity index (χ4v) is 3.10. The molecule has 2 rings (SSSR count). The molecule has 0 saturated carbocycles. The number of rotatable bonds is 4. The number of nitrogens with one attached hydrogen (secondary N) is 1. The van der Waals surface area contributed by atoms with Crippen LogP contribution in [0.5, 0.6) is 0 Å². The molecule has 1 aliphatic rings. The van der Waals surface area contributed by atoms with Gasteiger partial charge in [0.2, 0.25) is 5.91 Å². The maximum atomic E-state index is 12.2. The van der Waals surface area contributed by atoms with Crippen LogP contribution in [-0.4, -0.2) is 42.4 Å². The third kappa shape index (κ3) is 5.08. The number of carbonyl (C=O) groups excluding carboxylic acids is 3. The molecule has 1 fully saturated rings. The molecule has 1 heterocycles. The number of anilines is 1. The van der Waals surface area contributed by atoms with E-state index >= 15 is 0 Å². The van der Waals surface area contributed by atoms with Crippen LogP contribution in [-0.2, 0) is 14.3 Å². The lowest BCUT2D eigenvalue weighted by molar-refractivity contribution is -0.137. The van der Waals surface area contributed by atoms with Crippen LogP contribution in [0.1, 0.15) is 37.6 Å². The Labute approximate surface area is 142 Å². The summed E-state index contributed by atoms with van der Waals surface area (Å²) in [5.41, 5.74) is 0.816. The molecule has 0 aromatic heterocycles. The highest BCUT2D eigenvalue weighted by Crippen LogP contribution is 2.21. The predicted molar refractivity (Wildman–Crippen MR) is 90.6 cm³/mol. The number of ether oxygens (including phenoxy) is 1. The predicted octanol–water partition coefficient (Wildman–Crippen LogP) is 2.31. The van der Waals surface area contributed by atoms with Crippen LogP contribution >= 0.6 is 0 Å². The zero-order valence-electron chi connectivity index (χ0n) is 14.4. The van der Waals surface area contributed by atoms with Crippen LogP contribution in [0, 0.1) is 11.8 Å². The van der Waals surface area contributed by atoms with Gasteiger partial charge in [-0.25, -0.2) is 4.79 Å². The molecule has 1 aromatic carbocycles. The number of hydrogen-bond donors (Lipinski definition) is 1. The molecule has 0 spiro atoms. The van der Waals surface area contributed by atoms with E-state index in [9.17, 15) is 14.4 Å². The molecule has 0 bridgehead atoms. The first kappa shape index (κ1) is 18.0. The quantitative estimate of drug-likeness (QED) is 0.859. The van der Waals surface area contributed by atoms with E-state index in [0.717, 1.165) is 6.42 Å². The summed E-state index contributed by atoms with van der Waals surface area (Å²) in [5, 5.41) is 2.60. The number of benzene rings is 1. The second-order valence-corrected chi connectivity index (χ2v) is 6.58. The van der Waals surface area contributed by atoms with E-state index < -0.39 is 5.97 Å². The van der Waals surface area contributed by atoms with E-state index in [2.05, 4.69) is 19.2 Å². The number of esters is 1. The Kier molecular flexibility index (Phi) is 5.95. The van der Waals surface area contributed by atoms with Gasteiger partial charge >= 0.3 is 5.97 Å². The van der Waals surface area contributed by atoms with Gasteiger partial charge in [0.05, 0.1) is 5.56 Å². The Morgan fingerprint density at radius 3 is 2.50 bits per heavy atom. The summed E-state index contributed by atoms with van der Waals surface area (Å²) < 4.78 is 5.13. The van der Waals surface area contributed by atoms with Crippen LogP contribution in [0.25, 0.3) is 0 Å². The van der Waals surface area contributed by atoms with Crippen molar-refractivity contribution in [3.8, 4) is 0 Å². The molecule has 0 aliphatic carbocycles. The molecule has 0 radical (unpaired) electrons. The molecule has 6 nitrogen and oxygen atoms in total. The number of likely N-dealkylation sites (tertiary alicyclic amines) is 1. The molecular formula is C18H24N2O4. The van der Waals surface area contributed by atoms with Crippen molar-refractivity contribution >= 4 is 23.5 Å². The van der Waals surface area contributed by atoms with E-state index in [1.54, 1.807) is 23.1 Å². The van der Waals surface area contributed by atoms with Crippen LogP contribution in [0.3, 0.4) is 0 Å². The van der Waals surface area contributed by atoms with Crippen LogP contribution in [0.15, 0.2) is 24.3 Å². The Hall–Kier alpha value is -2.37. The summed E-state index contributed by atoms with van der Waals surface area (Å²) in [6.45, 7) is 6.79. The van der Waals surface area contributed by atoms with E-state index in [0.29, 0.717) is 36.2 Å². The van der Waals surface area contributed by atoms with Gasteiger partial charge in [0.25, 0.3) is 5.91 Å². The minimum Gasteiger partial charge on any atom is -0.452 e. The maximum Gasteiger partial charge on any atom is 0.338 e. The first-order valence-corrected chi connectivity index (χ1v) is 8.17. The number of amides is 2. The van der Waals surface area contributed by atoms with Gasteiger partial charge in [-0.3, -0.25) is 9.59 Å². The van der Waals surface area contributed by atoms with Crippen molar-refractivity contribution in [1.29, 1.82) is 0 Å². The fraction of sp³-hybridized carbons (Fsp3) is 0.500. The number of nitrogens with zero attached hydrogens (tertiary/aromatic N) is 1. The summed E-state index contributed by atoms with van der Waals surface area (Å²) in [4.78, 5) is 37.1. The highest BCUT2D eigenvalue weighted by molar-refractivity contribution is 5.94. The molecule has 24 heavy (non-hydrogen) atoms. The SMILES string of the molecule is CC(=O)Nc1cccc(C(=O)OCC(=O)N2C[C@H](C)C[C@H](C)C2)c1. The standard InChI is InChI=1S/C18H24N2O4/c1-12-7-13(2)10-20(9-12)17(22)11-24-18(23)15-5-4-6-16(8-15)19-14(3)21/h4-6,8,12-13H,7,9-11H2,1-3H3,(H,19,21)/t12-,13+. The third-order valence-corrected chi connectivity index (χ3v) is 3.97. The minimum atomic E-state index is -0.575. The van der Waals surface area contributed by atoms with E-state index in [1.165, 1.54) is 13.0 Å². The van der Waals surface area contributed by atoms with Gasteiger partial charge in [-0.05, 0) is 36.5 Å². The van der Waals surface area contributed by atoms with E-state index in [1.807, 2.05) is 0 Å². The molecule has 2 amide bonds. The number of piperidine rings is 1.